The van der Waals surface area contributed by atoms with E-state index in [0.29, 0.717) is 26.2 Å². The molecule has 1 amide bonds. The van der Waals surface area contributed by atoms with Crippen LogP contribution >= 0.6 is 34.5 Å². The van der Waals surface area contributed by atoms with Crippen molar-refractivity contribution in [2.24, 2.45) is 0 Å². The smallest absolute Gasteiger partial charge is 0.341 e. The van der Waals surface area contributed by atoms with Gasteiger partial charge in [0.1, 0.15) is 10.6 Å². The second kappa shape index (κ2) is 10.1. The Morgan fingerprint density at radius 2 is 1.87 bits per heavy atom. The number of ether oxygens (including phenoxy) is 1. The molecule has 1 aromatic heterocycles. The summed E-state index contributed by atoms with van der Waals surface area (Å²) in [4.78, 5) is 25.3. The van der Waals surface area contributed by atoms with Gasteiger partial charge in [0.2, 0.25) is 5.91 Å². The molecule has 0 fully saturated rings. The molecule has 31 heavy (non-hydrogen) atoms. The van der Waals surface area contributed by atoms with Gasteiger partial charge in [-0.2, -0.15) is 0 Å². The molecule has 0 spiro atoms. The number of hydrogen-bond donors (Lipinski definition) is 1. The van der Waals surface area contributed by atoms with E-state index < -0.39 is 5.97 Å². The van der Waals surface area contributed by atoms with Crippen LogP contribution in [0.3, 0.4) is 0 Å². The normalized spacial score (nSPS) is 11.0. The van der Waals surface area contributed by atoms with Gasteiger partial charge in [0, 0.05) is 27.1 Å². The number of anilines is 1. The molecule has 1 heterocycles. The van der Waals surface area contributed by atoms with Gasteiger partial charge in [-0.25, -0.2) is 4.79 Å². The predicted molar refractivity (Wildman–Crippen MR) is 129 cm³/mol. The van der Waals surface area contributed by atoms with Gasteiger partial charge in [0.25, 0.3) is 0 Å². The standard InChI is InChI=1S/C24H21Cl2NO3S/c1-4-30-24(29)22-19(18-9-5-14(2)11-15(18)3)13-31-23(22)27-21(28)10-7-16-6-8-17(25)12-20(16)26/h5-13H,4H2,1-3H3,(H,27,28)/b10-7+. The Bertz CT molecular complexity index is 1170. The number of carbonyl (C=O) groups is 2. The van der Waals surface area contributed by atoms with Gasteiger partial charge in [-0.3, -0.25) is 4.79 Å². The molecular formula is C24H21Cl2NO3S. The van der Waals surface area contributed by atoms with Crippen molar-refractivity contribution >= 4 is 57.5 Å². The molecule has 3 rings (SSSR count). The molecule has 0 radical (unpaired) electrons. The number of rotatable bonds is 6. The topological polar surface area (TPSA) is 55.4 Å². The number of aryl methyl sites for hydroxylation is 2. The van der Waals surface area contributed by atoms with Crippen molar-refractivity contribution in [2.75, 3.05) is 11.9 Å². The van der Waals surface area contributed by atoms with Crippen molar-refractivity contribution in [1.29, 1.82) is 0 Å². The molecular weight excluding hydrogens is 453 g/mol. The van der Waals surface area contributed by atoms with E-state index in [0.717, 1.165) is 22.3 Å². The third-order valence-electron chi connectivity index (χ3n) is 4.56. The number of hydrogen-bond acceptors (Lipinski definition) is 4. The lowest BCUT2D eigenvalue weighted by Crippen LogP contribution is -2.12. The largest absolute Gasteiger partial charge is 0.462 e. The summed E-state index contributed by atoms with van der Waals surface area (Å²) in [7, 11) is 0. The van der Waals surface area contributed by atoms with Crippen molar-refractivity contribution in [3.8, 4) is 11.1 Å². The van der Waals surface area contributed by atoms with E-state index in [1.165, 1.54) is 17.4 Å². The molecule has 0 aliphatic carbocycles. The minimum atomic E-state index is -0.473. The van der Waals surface area contributed by atoms with Crippen LogP contribution < -0.4 is 5.32 Å². The van der Waals surface area contributed by atoms with Crippen LogP contribution in [0, 0.1) is 13.8 Å². The van der Waals surface area contributed by atoms with Gasteiger partial charge in [0.15, 0.2) is 0 Å². The van der Waals surface area contributed by atoms with Gasteiger partial charge in [-0.15, -0.1) is 11.3 Å². The second-order valence-corrected chi connectivity index (χ2v) is 8.60. The molecule has 3 aromatic rings. The van der Waals surface area contributed by atoms with Crippen LogP contribution in [0.4, 0.5) is 5.00 Å². The molecule has 0 atom stereocenters. The summed E-state index contributed by atoms with van der Waals surface area (Å²) >= 11 is 13.3. The molecule has 1 N–H and O–H groups in total. The fraction of sp³-hybridized carbons (Fsp3) is 0.167. The summed E-state index contributed by atoms with van der Waals surface area (Å²) in [5, 5.41) is 6.05. The number of amides is 1. The van der Waals surface area contributed by atoms with Gasteiger partial charge >= 0.3 is 5.97 Å². The first kappa shape index (κ1) is 23.1. The van der Waals surface area contributed by atoms with Crippen molar-refractivity contribution in [2.45, 2.75) is 20.8 Å². The molecule has 0 aliphatic heterocycles. The lowest BCUT2D eigenvalue weighted by molar-refractivity contribution is -0.111. The third-order valence-corrected chi connectivity index (χ3v) is 6.01. The first-order valence-electron chi connectivity index (χ1n) is 9.60. The number of carbonyl (C=O) groups excluding carboxylic acids is 2. The lowest BCUT2D eigenvalue weighted by atomic mass is 9.97. The highest BCUT2D eigenvalue weighted by Crippen LogP contribution is 2.38. The molecule has 4 nitrogen and oxygen atoms in total. The first-order valence-corrected chi connectivity index (χ1v) is 11.2. The molecule has 0 aliphatic rings. The van der Waals surface area contributed by atoms with Crippen molar-refractivity contribution < 1.29 is 14.3 Å². The zero-order chi connectivity index (χ0) is 22.5. The summed E-state index contributed by atoms with van der Waals surface area (Å²) in [6.07, 6.45) is 2.96. The van der Waals surface area contributed by atoms with Gasteiger partial charge in [0.05, 0.1) is 6.61 Å². The Balaban J connectivity index is 1.91. The van der Waals surface area contributed by atoms with Crippen LogP contribution in [0.2, 0.25) is 10.0 Å². The van der Waals surface area contributed by atoms with Crippen molar-refractivity contribution in [3.63, 3.8) is 0 Å². The third kappa shape index (κ3) is 5.56. The van der Waals surface area contributed by atoms with Crippen molar-refractivity contribution in [1.82, 2.24) is 0 Å². The van der Waals surface area contributed by atoms with Crippen LogP contribution in [0.25, 0.3) is 17.2 Å². The molecule has 2 aromatic carbocycles. The van der Waals surface area contributed by atoms with E-state index >= 15 is 0 Å². The van der Waals surface area contributed by atoms with Crippen LogP contribution in [0.15, 0.2) is 47.9 Å². The zero-order valence-corrected chi connectivity index (χ0v) is 19.6. The summed E-state index contributed by atoms with van der Waals surface area (Å²) < 4.78 is 5.26. The predicted octanol–water partition coefficient (Wildman–Crippen LogP) is 7.17. The lowest BCUT2D eigenvalue weighted by Gasteiger charge is -2.10. The number of benzene rings is 2. The number of thiophene rings is 1. The fourth-order valence-electron chi connectivity index (χ4n) is 3.13. The van der Waals surface area contributed by atoms with E-state index in [9.17, 15) is 9.59 Å². The molecule has 0 unspecified atom stereocenters. The summed E-state index contributed by atoms with van der Waals surface area (Å²) in [6, 6.07) is 11.0. The Kier molecular flexibility index (Phi) is 7.55. The second-order valence-electron chi connectivity index (χ2n) is 6.88. The van der Waals surface area contributed by atoms with Gasteiger partial charge < -0.3 is 10.1 Å². The zero-order valence-electron chi connectivity index (χ0n) is 17.3. The van der Waals surface area contributed by atoms with E-state index in [-0.39, 0.29) is 12.5 Å². The number of esters is 1. The molecule has 0 saturated heterocycles. The quantitative estimate of drug-likeness (QED) is 0.305. The van der Waals surface area contributed by atoms with E-state index in [4.69, 9.17) is 27.9 Å². The van der Waals surface area contributed by atoms with Crippen LogP contribution in [-0.2, 0) is 9.53 Å². The highest BCUT2D eigenvalue weighted by molar-refractivity contribution is 7.15. The Labute approximate surface area is 195 Å². The monoisotopic (exact) mass is 473 g/mol. The molecule has 160 valence electrons. The van der Waals surface area contributed by atoms with Crippen LogP contribution in [0.1, 0.15) is 34.0 Å². The summed E-state index contributed by atoms with van der Waals surface area (Å²) in [6.45, 7) is 5.99. The Morgan fingerprint density at radius 1 is 1.10 bits per heavy atom. The minimum absolute atomic E-state index is 0.239. The van der Waals surface area contributed by atoms with Gasteiger partial charge in [-0.05, 0) is 55.7 Å². The Hall–Kier alpha value is -2.60. The highest BCUT2D eigenvalue weighted by Gasteiger charge is 2.23. The molecule has 0 saturated carbocycles. The maximum absolute atomic E-state index is 12.7. The summed E-state index contributed by atoms with van der Waals surface area (Å²) in [5.74, 6) is -0.857. The van der Waals surface area contributed by atoms with Gasteiger partial charge in [-0.1, -0.05) is 53.0 Å². The number of halogens is 2. The first-order chi connectivity index (χ1) is 14.8. The highest BCUT2D eigenvalue weighted by atomic mass is 35.5. The fourth-order valence-corrected chi connectivity index (χ4v) is 4.55. The van der Waals surface area contributed by atoms with E-state index in [1.807, 2.05) is 31.4 Å². The minimum Gasteiger partial charge on any atom is -0.462 e. The number of nitrogens with one attached hydrogen (secondary N) is 1. The van der Waals surface area contributed by atoms with Crippen LogP contribution in [-0.4, -0.2) is 18.5 Å². The molecule has 7 heteroatoms. The average Bonchev–Trinajstić information content (AvgIpc) is 3.10. The average molecular weight is 474 g/mol. The maximum Gasteiger partial charge on any atom is 0.341 e. The Morgan fingerprint density at radius 3 is 2.55 bits per heavy atom. The summed E-state index contributed by atoms with van der Waals surface area (Å²) in [5.41, 5.74) is 4.85. The van der Waals surface area contributed by atoms with E-state index in [1.54, 1.807) is 31.2 Å². The maximum atomic E-state index is 12.7. The SMILES string of the molecule is CCOC(=O)c1c(-c2ccc(C)cc2C)csc1NC(=O)/C=C/c1ccc(Cl)cc1Cl. The van der Waals surface area contributed by atoms with Crippen LogP contribution in [0.5, 0.6) is 0 Å². The molecule has 0 bridgehead atoms. The van der Waals surface area contributed by atoms with E-state index in [2.05, 4.69) is 11.4 Å². The van der Waals surface area contributed by atoms with Crippen molar-refractivity contribution in [3.05, 3.63) is 80.2 Å².